The second-order valence-electron chi connectivity index (χ2n) is 2.65. The minimum atomic E-state index is 0.776. The zero-order chi connectivity index (χ0) is 8.23. The van der Waals surface area contributed by atoms with Crippen LogP contribution in [0, 0.1) is 0 Å². The van der Waals surface area contributed by atoms with Crippen LogP contribution < -0.4 is 4.90 Å². The van der Waals surface area contributed by atoms with Gasteiger partial charge in [0.2, 0.25) is 5.95 Å². The van der Waals surface area contributed by atoms with Crippen molar-refractivity contribution in [1.82, 2.24) is 9.97 Å². The van der Waals surface area contributed by atoms with E-state index in [-0.39, 0.29) is 0 Å². The van der Waals surface area contributed by atoms with Gasteiger partial charge in [-0.3, -0.25) is 0 Å². The topological polar surface area (TPSA) is 38.2 Å². The molecule has 1 fully saturated rings. The predicted molar refractivity (Wildman–Crippen MR) is 45.1 cm³/mol. The number of morpholine rings is 1. The van der Waals surface area contributed by atoms with Gasteiger partial charge < -0.3 is 9.64 Å². The summed E-state index contributed by atoms with van der Waals surface area (Å²) in [5.41, 5.74) is 0. The molecule has 0 spiro atoms. The molecule has 1 saturated heterocycles. The molecule has 1 aliphatic rings. The minimum absolute atomic E-state index is 0.776. The molecule has 4 nitrogen and oxygen atoms in total. The molecule has 12 heavy (non-hydrogen) atoms. The van der Waals surface area contributed by atoms with E-state index in [1.807, 2.05) is 6.07 Å². The van der Waals surface area contributed by atoms with Crippen LogP contribution in [0.1, 0.15) is 0 Å². The van der Waals surface area contributed by atoms with Gasteiger partial charge in [0.05, 0.1) is 13.2 Å². The zero-order valence-corrected chi connectivity index (χ0v) is 6.81. The predicted octanol–water partition coefficient (Wildman–Crippen LogP) is 0.313. The second kappa shape index (κ2) is 3.49. The smallest absolute Gasteiger partial charge is 0.225 e. The molecule has 1 aromatic rings. The SMILES string of the molecule is c1cnc(N2CCOCC2)nc1. The summed E-state index contributed by atoms with van der Waals surface area (Å²) in [5, 5.41) is 0. The first-order chi connectivity index (χ1) is 5.97. The molecule has 0 bridgehead atoms. The van der Waals surface area contributed by atoms with E-state index in [4.69, 9.17) is 4.74 Å². The largest absolute Gasteiger partial charge is 0.378 e. The number of hydrogen-bond acceptors (Lipinski definition) is 4. The monoisotopic (exact) mass is 165 g/mol. The van der Waals surface area contributed by atoms with E-state index >= 15 is 0 Å². The molecule has 1 aromatic heterocycles. The summed E-state index contributed by atoms with van der Waals surface area (Å²) in [7, 11) is 0. The quantitative estimate of drug-likeness (QED) is 0.600. The van der Waals surface area contributed by atoms with Crippen LogP contribution in [0.25, 0.3) is 0 Å². The summed E-state index contributed by atoms with van der Waals surface area (Å²) in [6, 6.07) is 1.82. The van der Waals surface area contributed by atoms with Gasteiger partial charge in [-0.05, 0) is 6.07 Å². The van der Waals surface area contributed by atoms with E-state index in [1.165, 1.54) is 0 Å². The highest BCUT2D eigenvalue weighted by molar-refractivity contribution is 5.28. The molecule has 0 aromatic carbocycles. The summed E-state index contributed by atoms with van der Waals surface area (Å²) >= 11 is 0. The Bertz CT molecular complexity index is 233. The van der Waals surface area contributed by atoms with Crippen molar-refractivity contribution in [2.24, 2.45) is 0 Å². The van der Waals surface area contributed by atoms with Gasteiger partial charge in [0.25, 0.3) is 0 Å². The average Bonchev–Trinajstić information content (AvgIpc) is 2.21. The molecular weight excluding hydrogens is 154 g/mol. The van der Waals surface area contributed by atoms with Gasteiger partial charge in [0.15, 0.2) is 0 Å². The number of rotatable bonds is 1. The van der Waals surface area contributed by atoms with Gasteiger partial charge in [-0.15, -0.1) is 0 Å². The molecule has 2 rings (SSSR count). The minimum Gasteiger partial charge on any atom is -0.378 e. The van der Waals surface area contributed by atoms with Crippen molar-refractivity contribution in [3.8, 4) is 0 Å². The summed E-state index contributed by atoms with van der Waals surface area (Å²) in [6.45, 7) is 3.34. The Hall–Kier alpha value is -1.16. The second-order valence-corrected chi connectivity index (χ2v) is 2.65. The van der Waals surface area contributed by atoms with Crippen LogP contribution in [-0.2, 0) is 4.74 Å². The molecule has 1 aliphatic heterocycles. The third kappa shape index (κ3) is 1.53. The van der Waals surface area contributed by atoms with Gasteiger partial charge in [0.1, 0.15) is 0 Å². The van der Waals surface area contributed by atoms with Crippen molar-refractivity contribution in [3.05, 3.63) is 18.5 Å². The lowest BCUT2D eigenvalue weighted by molar-refractivity contribution is 0.122. The molecule has 0 unspecified atom stereocenters. The molecule has 64 valence electrons. The highest BCUT2D eigenvalue weighted by atomic mass is 16.5. The summed E-state index contributed by atoms with van der Waals surface area (Å²) in [5.74, 6) is 0.806. The van der Waals surface area contributed by atoms with Crippen molar-refractivity contribution >= 4 is 5.95 Å². The maximum atomic E-state index is 5.22. The van der Waals surface area contributed by atoms with Crippen molar-refractivity contribution in [2.75, 3.05) is 31.2 Å². The van der Waals surface area contributed by atoms with Gasteiger partial charge >= 0.3 is 0 Å². The van der Waals surface area contributed by atoms with Crippen LogP contribution in [0.4, 0.5) is 5.95 Å². The van der Waals surface area contributed by atoms with E-state index in [9.17, 15) is 0 Å². The third-order valence-corrected chi connectivity index (χ3v) is 1.85. The van der Waals surface area contributed by atoms with E-state index in [1.54, 1.807) is 12.4 Å². The fourth-order valence-electron chi connectivity index (χ4n) is 1.22. The van der Waals surface area contributed by atoms with Crippen LogP contribution >= 0.6 is 0 Å². The molecular formula is C8H11N3O. The van der Waals surface area contributed by atoms with Gasteiger partial charge in [-0.2, -0.15) is 0 Å². The molecule has 0 amide bonds. The van der Waals surface area contributed by atoms with Crippen LogP contribution in [0.15, 0.2) is 18.5 Å². The Morgan fingerprint density at radius 3 is 2.50 bits per heavy atom. The highest BCUT2D eigenvalue weighted by Crippen LogP contribution is 2.06. The first-order valence-corrected chi connectivity index (χ1v) is 4.06. The van der Waals surface area contributed by atoms with Crippen LogP contribution in [0.3, 0.4) is 0 Å². The van der Waals surface area contributed by atoms with Gasteiger partial charge in [0, 0.05) is 25.5 Å². The van der Waals surface area contributed by atoms with Crippen LogP contribution in [0.2, 0.25) is 0 Å². The van der Waals surface area contributed by atoms with E-state index < -0.39 is 0 Å². The average molecular weight is 165 g/mol. The third-order valence-electron chi connectivity index (χ3n) is 1.85. The molecule has 0 radical (unpaired) electrons. The number of hydrogen-bond donors (Lipinski definition) is 0. The maximum absolute atomic E-state index is 5.22. The Labute approximate surface area is 71.2 Å². The summed E-state index contributed by atoms with van der Waals surface area (Å²) in [4.78, 5) is 10.5. The molecule has 0 N–H and O–H groups in total. The van der Waals surface area contributed by atoms with Gasteiger partial charge in [-0.25, -0.2) is 9.97 Å². The normalized spacial score (nSPS) is 17.8. The Kier molecular flexibility index (Phi) is 2.18. The number of ether oxygens (including phenoxy) is 1. The number of nitrogens with zero attached hydrogens (tertiary/aromatic N) is 3. The standard InChI is InChI=1S/C8H11N3O/c1-2-9-8(10-3-1)11-4-6-12-7-5-11/h1-3H,4-7H2. The lowest BCUT2D eigenvalue weighted by Gasteiger charge is -2.26. The van der Waals surface area contributed by atoms with Crippen molar-refractivity contribution in [1.29, 1.82) is 0 Å². The number of aromatic nitrogens is 2. The summed E-state index contributed by atoms with van der Waals surface area (Å²) in [6.07, 6.45) is 3.52. The fraction of sp³-hybridized carbons (Fsp3) is 0.500. The zero-order valence-electron chi connectivity index (χ0n) is 6.81. The lowest BCUT2D eigenvalue weighted by Crippen LogP contribution is -2.37. The van der Waals surface area contributed by atoms with E-state index in [2.05, 4.69) is 14.9 Å². The molecule has 0 aliphatic carbocycles. The molecule has 0 atom stereocenters. The van der Waals surface area contributed by atoms with E-state index in [0.29, 0.717) is 0 Å². The Morgan fingerprint density at radius 1 is 1.17 bits per heavy atom. The Balaban J connectivity index is 2.08. The van der Waals surface area contributed by atoms with Crippen LogP contribution in [-0.4, -0.2) is 36.3 Å². The van der Waals surface area contributed by atoms with Crippen molar-refractivity contribution in [3.63, 3.8) is 0 Å². The lowest BCUT2D eigenvalue weighted by atomic mass is 10.4. The first-order valence-electron chi connectivity index (χ1n) is 4.06. The summed E-state index contributed by atoms with van der Waals surface area (Å²) < 4.78 is 5.22. The van der Waals surface area contributed by atoms with Crippen LogP contribution in [0.5, 0.6) is 0 Å². The van der Waals surface area contributed by atoms with E-state index in [0.717, 1.165) is 32.3 Å². The van der Waals surface area contributed by atoms with Crippen molar-refractivity contribution in [2.45, 2.75) is 0 Å². The fourth-order valence-corrected chi connectivity index (χ4v) is 1.22. The highest BCUT2D eigenvalue weighted by Gasteiger charge is 2.11. The number of anilines is 1. The Morgan fingerprint density at radius 2 is 1.83 bits per heavy atom. The first kappa shape index (κ1) is 7.49. The molecule has 0 saturated carbocycles. The molecule has 4 heteroatoms. The van der Waals surface area contributed by atoms with Gasteiger partial charge in [-0.1, -0.05) is 0 Å². The van der Waals surface area contributed by atoms with Crippen molar-refractivity contribution < 1.29 is 4.74 Å². The maximum Gasteiger partial charge on any atom is 0.225 e. The molecule has 2 heterocycles.